The van der Waals surface area contributed by atoms with E-state index in [1.807, 2.05) is 48.5 Å². The number of benzene rings is 12. The van der Waals surface area contributed by atoms with Crippen LogP contribution in [0.1, 0.15) is 0 Å². The summed E-state index contributed by atoms with van der Waals surface area (Å²) >= 11 is 0. The van der Waals surface area contributed by atoms with E-state index in [1.165, 1.54) is 21.5 Å². The predicted octanol–water partition coefficient (Wildman–Crippen LogP) is 18.4. The van der Waals surface area contributed by atoms with E-state index in [-0.39, 0.29) is 0 Å². The highest BCUT2D eigenvalue weighted by Gasteiger charge is 2.29. The fraction of sp³-hybridized carbons (Fsp3) is 0. The molecule has 3 aromatic heterocycles. The van der Waals surface area contributed by atoms with Gasteiger partial charge in [0.1, 0.15) is 11.0 Å². The molecule has 2 aliphatic rings. The van der Waals surface area contributed by atoms with Crippen LogP contribution in [0.2, 0.25) is 0 Å². The van der Waals surface area contributed by atoms with Crippen LogP contribution in [0.3, 0.4) is 0 Å². The lowest BCUT2D eigenvalue weighted by molar-refractivity contribution is 0.477. The van der Waals surface area contributed by atoms with E-state index in [1.54, 1.807) is 0 Å². The second kappa shape index (κ2) is 15.5. The molecule has 12 aromatic carbocycles. The molecule has 76 heavy (non-hydrogen) atoms. The SMILES string of the molecule is c1ccc2c(c1)Oc1ccccc1N2c1ccc2c(c1)c1cc(N3c4ccccc4Oc4ccccc43)ccc1c1nc3c(-n4c5ccccc5c5ccccc54)ccc(-n4c5ccccc5c5ccccc54)c3nc21. The number of hydrogen-bond acceptors (Lipinski definition) is 6. The number of aromatic nitrogens is 4. The molecule has 0 saturated heterocycles. The predicted molar refractivity (Wildman–Crippen MR) is 310 cm³/mol. The molecule has 17 rings (SSSR count). The van der Waals surface area contributed by atoms with Gasteiger partial charge in [-0.1, -0.05) is 133 Å². The molecular weight excluding hydrogens is 933 g/mol. The summed E-state index contributed by atoms with van der Waals surface area (Å²) in [5.74, 6) is 3.19. The summed E-state index contributed by atoms with van der Waals surface area (Å²) in [5.41, 5.74) is 15.4. The van der Waals surface area contributed by atoms with E-state index < -0.39 is 0 Å². The molecule has 0 radical (unpaired) electrons. The van der Waals surface area contributed by atoms with Crippen LogP contribution in [-0.2, 0) is 0 Å². The molecule has 354 valence electrons. The maximum atomic E-state index is 6.53. The van der Waals surface area contributed by atoms with E-state index in [0.717, 1.165) is 134 Å². The average Bonchev–Trinajstić information content (AvgIpc) is 4.04. The van der Waals surface area contributed by atoms with E-state index in [4.69, 9.17) is 19.4 Å². The standard InChI is InChI=1S/C68H40N6O2/c1-5-21-51-43(17-1)44-18-2-6-22-52(44)73(51)59-37-38-60(74-53-23-7-3-19-45(53)46-20-4-8-24-54(46)74)68-67(59)69-65-47-35-33-41(71-55-25-9-13-29-61(55)75-62-30-14-10-26-56(62)71)39-49(47)50-40-42(34-36-48(50)66(65)70-68)72-57-27-11-15-31-63(57)76-64-32-16-12-28-58(64)72/h1-40H. The third-order valence-electron chi connectivity index (χ3n) is 15.6. The summed E-state index contributed by atoms with van der Waals surface area (Å²) in [6.45, 7) is 0. The number of fused-ring (bicyclic) bond motifs is 17. The maximum Gasteiger partial charge on any atom is 0.151 e. The second-order valence-electron chi connectivity index (χ2n) is 19.7. The number of anilines is 6. The Morgan fingerprint density at radius 3 is 0.882 bits per heavy atom. The summed E-state index contributed by atoms with van der Waals surface area (Å²) in [5, 5.41) is 8.81. The summed E-state index contributed by atoms with van der Waals surface area (Å²) in [4.78, 5) is 16.6. The highest BCUT2D eigenvalue weighted by atomic mass is 16.5. The highest BCUT2D eigenvalue weighted by molar-refractivity contribution is 6.26. The number of para-hydroxylation sites is 12. The fourth-order valence-electron chi connectivity index (χ4n) is 12.4. The molecule has 0 unspecified atom stereocenters. The van der Waals surface area contributed by atoms with Gasteiger partial charge in [-0.2, -0.15) is 0 Å². The first-order valence-electron chi connectivity index (χ1n) is 25.6. The highest BCUT2D eigenvalue weighted by Crippen LogP contribution is 2.54. The van der Waals surface area contributed by atoms with E-state index >= 15 is 0 Å². The summed E-state index contributed by atoms with van der Waals surface area (Å²) in [7, 11) is 0. The first-order chi connectivity index (χ1) is 37.7. The Hall–Kier alpha value is -10.4. The summed E-state index contributed by atoms with van der Waals surface area (Å²) in [6.07, 6.45) is 0. The van der Waals surface area contributed by atoms with Gasteiger partial charge in [0.15, 0.2) is 23.0 Å². The minimum Gasteiger partial charge on any atom is -0.453 e. The second-order valence-corrected chi connectivity index (χ2v) is 19.7. The van der Waals surface area contributed by atoms with Crippen LogP contribution in [-0.4, -0.2) is 19.1 Å². The molecule has 0 spiro atoms. The van der Waals surface area contributed by atoms with Crippen molar-refractivity contribution in [2.75, 3.05) is 9.80 Å². The van der Waals surface area contributed by atoms with Gasteiger partial charge in [0.25, 0.3) is 0 Å². The minimum absolute atomic E-state index is 0.797. The number of nitrogens with zero attached hydrogens (tertiary/aromatic N) is 6. The molecule has 2 aliphatic heterocycles. The zero-order valence-electron chi connectivity index (χ0n) is 40.6. The first kappa shape index (κ1) is 41.1. The zero-order chi connectivity index (χ0) is 49.6. The lowest BCUT2D eigenvalue weighted by Crippen LogP contribution is -2.16. The molecule has 8 nitrogen and oxygen atoms in total. The first-order valence-corrected chi connectivity index (χ1v) is 25.6. The smallest absolute Gasteiger partial charge is 0.151 e. The number of ether oxygens (including phenoxy) is 2. The Morgan fingerprint density at radius 2 is 0.539 bits per heavy atom. The molecule has 0 saturated carbocycles. The van der Waals surface area contributed by atoms with Gasteiger partial charge in [0.2, 0.25) is 0 Å². The molecular formula is C68H40N6O2. The Morgan fingerprint density at radius 1 is 0.237 bits per heavy atom. The Bertz CT molecular complexity index is 4490. The lowest BCUT2D eigenvalue weighted by atomic mass is 9.97. The van der Waals surface area contributed by atoms with Crippen molar-refractivity contribution in [2.45, 2.75) is 0 Å². The Kier molecular flexibility index (Phi) is 8.40. The average molecular weight is 973 g/mol. The maximum absolute atomic E-state index is 6.53. The molecule has 0 fully saturated rings. The van der Waals surface area contributed by atoms with Crippen LogP contribution in [0.5, 0.6) is 23.0 Å². The summed E-state index contributed by atoms with van der Waals surface area (Å²) < 4.78 is 17.8. The normalized spacial score (nSPS) is 12.9. The third kappa shape index (κ3) is 5.72. The minimum atomic E-state index is 0.797. The Balaban J connectivity index is 1.02. The Labute approximate surface area is 434 Å². The van der Waals surface area contributed by atoms with Crippen molar-refractivity contribution in [2.24, 2.45) is 0 Å². The largest absolute Gasteiger partial charge is 0.453 e. The molecule has 8 heteroatoms. The topological polar surface area (TPSA) is 60.6 Å². The molecule has 0 N–H and O–H groups in total. The van der Waals surface area contributed by atoms with Gasteiger partial charge in [0.05, 0.1) is 67.2 Å². The van der Waals surface area contributed by atoms with Crippen LogP contribution in [0, 0.1) is 0 Å². The van der Waals surface area contributed by atoms with Crippen molar-refractivity contribution in [3.05, 3.63) is 243 Å². The van der Waals surface area contributed by atoms with Crippen molar-refractivity contribution >= 4 is 121 Å². The van der Waals surface area contributed by atoms with Crippen LogP contribution in [0.4, 0.5) is 34.1 Å². The molecule has 0 amide bonds. The zero-order valence-corrected chi connectivity index (χ0v) is 40.6. The van der Waals surface area contributed by atoms with Crippen molar-refractivity contribution in [3.63, 3.8) is 0 Å². The van der Waals surface area contributed by atoms with Gasteiger partial charge in [0, 0.05) is 43.7 Å². The van der Waals surface area contributed by atoms with Gasteiger partial charge < -0.3 is 28.4 Å². The van der Waals surface area contributed by atoms with Gasteiger partial charge in [-0.3, -0.25) is 0 Å². The number of hydrogen-bond donors (Lipinski definition) is 0. The molecule has 0 atom stereocenters. The van der Waals surface area contributed by atoms with Gasteiger partial charge in [-0.25, -0.2) is 9.97 Å². The monoisotopic (exact) mass is 972 g/mol. The fourth-order valence-corrected chi connectivity index (χ4v) is 12.4. The van der Waals surface area contributed by atoms with Crippen molar-refractivity contribution < 1.29 is 9.47 Å². The van der Waals surface area contributed by atoms with E-state index in [2.05, 4.69) is 213 Å². The van der Waals surface area contributed by atoms with E-state index in [0.29, 0.717) is 0 Å². The van der Waals surface area contributed by atoms with Crippen LogP contribution in [0.25, 0.3) is 98.6 Å². The van der Waals surface area contributed by atoms with Crippen molar-refractivity contribution in [3.8, 4) is 34.4 Å². The summed E-state index contributed by atoms with van der Waals surface area (Å²) in [6, 6.07) is 85.8. The van der Waals surface area contributed by atoms with Gasteiger partial charge >= 0.3 is 0 Å². The molecule has 0 bridgehead atoms. The van der Waals surface area contributed by atoms with Gasteiger partial charge in [-0.15, -0.1) is 0 Å². The van der Waals surface area contributed by atoms with Gasteiger partial charge in [-0.05, 0) is 120 Å². The molecule has 5 heterocycles. The van der Waals surface area contributed by atoms with Crippen LogP contribution >= 0.6 is 0 Å². The third-order valence-corrected chi connectivity index (χ3v) is 15.6. The number of rotatable bonds is 4. The lowest BCUT2D eigenvalue weighted by Gasteiger charge is -2.33. The van der Waals surface area contributed by atoms with Crippen molar-refractivity contribution in [1.29, 1.82) is 0 Å². The van der Waals surface area contributed by atoms with Crippen molar-refractivity contribution in [1.82, 2.24) is 19.1 Å². The molecule has 15 aromatic rings. The van der Waals surface area contributed by atoms with E-state index in [9.17, 15) is 0 Å². The van der Waals surface area contributed by atoms with Crippen LogP contribution in [0.15, 0.2) is 243 Å². The quantitative estimate of drug-likeness (QED) is 0.129. The van der Waals surface area contributed by atoms with Crippen LogP contribution < -0.4 is 19.3 Å². The molecule has 0 aliphatic carbocycles.